The van der Waals surface area contributed by atoms with E-state index < -0.39 is 0 Å². The second-order valence-corrected chi connectivity index (χ2v) is 6.42. The van der Waals surface area contributed by atoms with Gasteiger partial charge in [-0.3, -0.25) is 0 Å². The first-order valence-corrected chi connectivity index (χ1v) is 7.27. The van der Waals surface area contributed by atoms with E-state index in [1.54, 1.807) is 0 Å². The van der Waals surface area contributed by atoms with Gasteiger partial charge in [-0.2, -0.15) is 0 Å². The molecule has 0 saturated heterocycles. The lowest BCUT2D eigenvalue weighted by Crippen LogP contribution is -2.07. The number of alkyl halides is 1. The first-order valence-electron chi connectivity index (χ1n) is 5.33. The largest absolute Gasteiger partial charge is 0.140 e. The molecule has 1 aromatic rings. The molecule has 0 amide bonds. The molecule has 0 radical (unpaired) electrons. The summed E-state index contributed by atoms with van der Waals surface area (Å²) in [7, 11) is 0. The van der Waals surface area contributed by atoms with Crippen molar-refractivity contribution in [3.8, 4) is 0 Å². The van der Waals surface area contributed by atoms with Gasteiger partial charge in [0.15, 0.2) is 0 Å². The molecule has 0 N–H and O–H groups in total. The molecule has 1 heterocycles. The van der Waals surface area contributed by atoms with Crippen molar-refractivity contribution in [2.45, 2.75) is 39.5 Å². The van der Waals surface area contributed by atoms with Gasteiger partial charge >= 0.3 is 0 Å². The third-order valence-electron chi connectivity index (χ3n) is 2.34. The predicted molar refractivity (Wildman–Crippen MR) is 75.1 cm³/mol. The molecule has 0 aliphatic rings. The van der Waals surface area contributed by atoms with Crippen LogP contribution in [0.15, 0.2) is 17.7 Å². The summed E-state index contributed by atoms with van der Waals surface area (Å²) in [5.41, 5.74) is 1.73. The summed E-state index contributed by atoms with van der Waals surface area (Å²) >= 11 is 5.42. The summed E-state index contributed by atoms with van der Waals surface area (Å²) in [4.78, 5) is 2.83. The summed E-state index contributed by atoms with van der Waals surface area (Å²) in [5.74, 6) is 0. The van der Waals surface area contributed by atoms with Crippen molar-refractivity contribution in [1.29, 1.82) is 0 Å². The summed E-state index contributed by atoms with van der Waals surface area (Å²) < 4.78 is 0. The number of hydrogen-bond donors (Lipinski definition) is 0. The maximum absolute atomic E-state index is 3.52. The fraction of sp³-hybridized carbons (Fsp3) is 0.538. The highest BCUT2D eigenvalue weighted by molar-refractivity contribution is 9.09. The van der Waals surface area contributed by atoms with Gasteiger partial charge in [-0.1, -0.05) is 49.2 Å². The van der Waals surface area contributed by atoms with Crippen LogP contribution in [0.5, 0.6) is 0 Å². The zero-order chi connectivity index (χ0) is 11.5. The molecular formula is C13H19BrS. The summed E-state index contributed by atoms with van der Waals surface area (Å²) in [5, 5.41) is 0.978. The highest BCUT2D eigenvalue weighted by atomic mass is 79.9. The number of halogens is 1. The molecule has 0 atom stereocenters. The molecule has 0 saturated carbocycles. The van der Waals surface area contributed by atoms with Gasteiger partial charge in [-0.25, -0.2) is 0 Å². The Morgan fingerprint density at radius 2 is 2.07 bits per heavy atom. The molecule has 0 spiro atoms. The Hall–Kier alpha value is -0.0800. The van der Waals surface area contributed by atoms with Crippen molar-refractivity contribution in [3.05, 3.63) is 27.5 Å². The Morgan fingerprint density at radius 1 is 1.40 bits per heavy atom. The minimum absolute atomic E-state index is 0.275. The molecular weight excluding hydrogens is 268 g/mol. The predicted octanol–water partition coefficient (Wildman–Crippen LogP) is 5.23. The number of hydrogen-bond acceptors (Lipinski definition) is 1. The van der Waals surface area contributed by atoms with E-state index in [2.05, 4.69) is 61.8 Å². The van der Waals surface area contributed by atoms with Crippen molar-refractivity contribution in [3.63, 3.8) is 0 Å². The number of rotatable bonds is 3. The second-order valence-electron chi connectivity index (χ2n) is 4.74. The molecule has 0 aromatic carbocycles. The van der Waals surface area contributed by atoms with Gasteiger partial charge in [0.25, 0.3) is 0 Å². The van der Waals surface area contributed by atoms with Crippen LogP contribution < -0.4 is 0 Å². The molecule has 84 valence electrons. The van der Waals surface area contributed by atoms with Crippen molar-refractivity contribution in [2.75, 3.05) is 5.33 Å². The zero-order valence-electron chi connectivity index (χ0n) is 9.93. The molecule has 0 aliphatic heterocycles. The van der Waals surface area contributed by atoms with E-state index in [1.165, 1.54) is 15.3 Å². The normalized spacial score (nSPS) is 13.3. The fourth-order valence-corrected chi connectivity index (χ4v) is 2.89. The highest BCUT2D eigenvalue weighted by Gasteiger charge is 2.15. The molecule has 0 aliphatic carbocycles. The number of allylic oxidation sites excluding steroid dienone is 1. The van der Waals surface area contributed by atoms with Gasteiger partial charge in [0.2, 0.25) is 0 Å². The topological polar surface area (TPSA) is 0 Å². The molecule has 0 nitrogen and oxygen atoms in total. The molecule has 1 aromatic heterocycles. The van der Waals surface area contributed by atoms with Crippen molar-refractivity contribution >= 4 is 33.3 Å². The van der Waals surface area contributed by atoms with Crippen molar-refractivity contribution < 1.29 is 0 Å². The Morgan fingerprint density at radius 3 is 2.47 bits per heavy atom. The van der Waals surface area contributed by atoms with E-state index >= 15 is 0 Å². The standard InChI is InChI=1S/C13H19BrS/c1-5-10(9-14)8-11-6-7-12(15-11)13(2,3)4/h6-8H,5,9H2,1-4H3/b10-8-. The molecule has 0 fully saturated rings. The molecule has 0 unspecified atom stereocenters. The van der Waals surface area contributed by atoms with Crippen LogP contribution in [0.2, 0.25) is 0 Å². The van der Waals surface area contributed by atoms with Crippen LogP contribution in [-0.2, 0) is 5.41 Å². The average Bonchev–Trinajstić information content (AvgIpc) is 2.61. The lowest BCUT2D eigenvalue weighted by Gasteiger charge is -2.15. The second kappa shape index (κ2) is 5.31. The van der Waals surface area contributed by atoms with E-state index in [-0.39, 0.29) is 5.41 Å². The molecule has 15 heavy (non-hydrogen) atoms. The third-order valence-corrected chi connectivity index (χ3v) is 4.52. The molecule has 0 bridgehead atoms. The summed E-state index contributed by atoms with van der Waals surface area (Å²) in [6.07, 6.45) is 3.42. The van der Waals surface area contributed by atoms with Gasteiger partial charge in [0.1, 0.15) is 0 Å². The first kappa shape index (κ1) is 13.0. The minimum Gasteiger partial charge on any atom is -0.140 e. The lowest BCUT2D eigenvalue weighted by atomic mass is 9.95. The fourth-order valence-electron chi connectivity index (χ4n) is 1.27. The number of thiophene rings is 1. The minimum atomic E-state index is 0.275. The molecule has 2 heteroatoms. The Bertz CT molecular complexity index is 336. The zero-order valence-corrected chi connectivity index (χ0v) is 12.3. The van der Waals surface area contributed by atoms with E-state index in [0.29, 0.717) is 0 Å². The maximum atomic E-state index is 3.52. The van der Waals surface area contributed by atoms with E-state index in [1.807, 2.05) is 11.3 Å². The summed E-state index contributed by atoms with van der Waals surface area (Å²) in [6.45, 7) is 8.98. The van der Waals surface area contributed by atoms with Crippen LogP contribution in [0, 0.1) is 0 Å². The lowest BCUT2D eigenvalue weighted by molar-refractivity contribution is 0.604. The van der Waals surface area contributed by atoms with Crippen LogP contribution in [0.25, 0.3) is 6.08 Å². The Labute approximate surface area is 106 Å². The van der Waals surface area contributed by atoms with E-state index in [0.717, 1.165) is 11.8 Å². The van der Waals surface area contributed by atoms with Gasteiger partial charge in [-0.05, 0) is 30.0 Å². The van der Waals surface area contributed by atoms with E-state index in [4.69, 9.17) is 0 Å². The van der Waals surface area contributed by atoms with Crippen molar-refractivity contribution in [1.82, 2.24) is 0 Å². The van der Waals surface area contributed by atoms with Crippen LogP contribution in [-0.4, -0.2) is 5.33 Å². The molecule has 1 rings (SSSR count). The van der Waals surface area contributed by atoms with Gasteiger partial charge < -0.3 is 0 Å². The SMILES string of the molecule is CC/C(=C/c1ccc(C(C)(C)C)s1)CBr. The Balaban J connectivity index is 2.90. The third kappa shape index (κ3) is 3.76. The van der Waals surface area contributed by atoms with Gasteiger partial charge in [0, 0.05) is 15.1 Å². The van der Waals surface area contributed by atoms with Crippen molar-refractivity contribution in [2.24, 2.45) is 0 Å². The smallest absolute Gasteiger partial charge is 0.0273 e. The average molecular weight is 287 g/mol. The van der Waals surface area contributed by atoms with Gasteiger partial charge in [-0.15, -0.1) is 11.3 Å². The van der Waals surface area contributed by atoms with Crippen LogP contribution in [0.1, 0.15) is 43.9 Å². The highest BCUT2D eigenvalue weighted by Crippen LogP contribution is 2.30. The quantitative estimate of drug-likeness (QED) is 0.667. The summed E-state index contributed by atoms with van der Waals surface area (Å²) in [6, 6.07) is 4.47. The Kier molecular flexibility index (Phi) is 4.60. The van der Waals surface area contributed by atoms with Crippen LogP contribution in [0.3, 0.4) is 0 Å². The van der Waals surface area contributed by atoms with E-state index in [9.17, 15) is 0 Å². The maximum Gasteiger partial charge on any atom is 0.0273 e. The monoisotopic (exact) mass is 286 g/mol. The van der Waals surface area contributed by atoms with Crippen LogP contribution >= 0.6 is 27.3 Å². The van der Waals surface area contributed by atoms with Gasteiger partial charge in [0.05, 0.1) is 0 Å². The van der Waals surface area contributed by atoms with Crippen LogP contribution in [0.4, 0.5) is 0 Å². The first-order chi connectivity index (χ1) is 6.97.